The van der Waals surface area contributed by atoms with Crippen molar-refractivity contribution in [3.05, 3.63) is 99.7 Å². The summed E-state index contributed by atoms with van der Waals surface area (Å²) in [6, 6.07) is 17.4. The first-order valence-electron chi connectivity index (χ1n) is 15.3. The van der Waals surface area contributed by atoms with E-state index < -0.39 is 23.9 Å². The Labute approximate surface area is 260 Å². The Balaban J connectivity index is 1.36. The number of anilines is 2. The van der Waals surface area contributed by atoms with Crippen LogP contribution in [0.2, 0.25) is 0 Å². The number of fused-ring (bicyclic) bond motifs is 5. The molecular formula is C34H35FN6O4. The molecule has 3 aliphatic heterocycles. The topological polar surface area (TPSA) is 124 Å². The Morgan fingerprint density at radius 1 is 0.956 bits per heavy atom. The summed E-state index contributed by atoms with van der Waals surface area (Å²) in [6.07, 6.45) is 2.95. The second kappa shape index (κ2) is 13.0. The van der Waals surface area contributed by atoms with E-state index in [9.17, 15) is 19.3 Å². The van der Waals surface area contributed by atoms with E-state index in [1.54, 1.807) is 54.6 Å². The fourth-order valence-corrected chi connectivity index (χ4v) is 6.69. The predicted molar refractivity (Wildman–Crippen MR) is 169 cm³/mol. The van der Waals surface area contributed by atoms with Crippen molar-refractivity contribution in [2.24, 2.45) is 22.0 Å². The molecule has 3 aromatic rings. The van der Waals surface area contributed by atoms with Gasteiger partial charge in [-0.25, -0.2) is 14.2 Å². The number of benzodiazepines with no additional fused rings is 1. The molecule has 4 aliphatic rings. The molecule has 1 aliphatic carbocycles. The molecule has 1 atom stereocenters. The molecule has 3 aromatic carbocycles. The lowest BCUT2D eigenvalue weighted by Gasteiger charge is -2.30. The summed E-state index contributed by atoms with van der Waals surface area (Å²) >= 11 is 0. The first-order chi connectivity index (χ1) is 21.8. The van der Waals surface area contributed by atoms with E-state index in [0.29, 0.717) is 53.0 Å². The maximum atomic E-state index is 15.3. The number of urea groups is 1. The number of amides is 4. The zero-order valence-electron chi connectivity index (χ0n) is 25.0. The van der Waals surface area contributed by atoms with Gasteiger partial charge in [-0.3, -0.25) is 14.5 Å². The molecule has 0 spiro atoms. The van der Waals surface area contributed by atoms with Crippen LogP contribution in [0.4, 0.5) is 20.6 Å². The molecule has 0 radical (unpaired) electrons. The second-order valence-corrected chi connectivity index (χ2v) is 12.0. The predicted octanol–water partition coefficient (Wildman–Crippen LogP) is 5.38. The summed E-state index contributed by atoms with van der Waals surface area (Å²) in [5, 5.41) is 8.20. The van der Waals surface area contributed by atoms with Gasteiger partial charge in [0.1, 0.15) is 18.9 Å². The van der Waals surface area contributed by atoms with Crippen LogP contribution in [0.15, 0.2) is 76.9 Å². The lowest BCUT2D eigenvalue weighted by Crippen LogP contribution is -2.52. The first-order valence-corrected chi connectivity index (χ1v) is 15.3. The van der Waals surface area contributed by atoms with Crippen molar-refractivity contribution in [2.45, 2.75) is 45.3 Å². The van der Waals surface area contributed by atoms with E-state index >= 15 is 4.39 Å². The van der Waals surface area contributed by atoms with Gasteiger partial charge in [0.25, 0.3) is 5.91 Å². The fourth-order valence-electron chi connectivity index (χ4n) is 6.69. The smallest absolute Gasteiger partial charge is 0.321 e. The van der Waals surface area contributed by atoms with Gasteiger partial charge in [0.05, 0.1) is 11.4 Å². The number of carbonyl (C=O) groups is 3. The highest BCUT2D eigenvalue weighted by atomic mass is 19.1. The number of rotatable bonds is 7. The van der Waals surface area contributed by atoms with Crippen LogP contribution in [-0.2, 0) is 16.1 Å². The summed E-state index contributed by atoms with van der Waals surface area (Å²) in [7, 11) is 0. The van der Waals surface area contributed by atoms with Gasteiger partial charge in [-0.05, 0) is 79.8 Å². The number of nitrogens with one attached hydrogen (secondary N) is 2. The van der Waals surface area contributed by atoms with Crippen LogP contribution in [-0.4, -0.2) is 54.3 Å². The molecule has 2 saturated heterocycles. The number of nitrogens with zero attached hydrogens (tertiary/aromatic N) is 4. The Morgan fingerprint density at radius 2 is 1.64 bits per heavy atom. The summed E-state index contributed by atoms with van der Waals surface area (Å²) in [5.41, 5.74) is 2.98. The van der Waals surface area contributed by atoms with E-state index in [2.05, 4.69) is 20.8 Å². The van der Waals surface area contributed by atoms with Crippen LogP contribution in [0.3, 0.4) is 0 Å². The third kappa shape index (κ3) is 6.47. The molecule has 1 saturated carbocycles. The van der Waals surface area contributed by atoms with Crippen LogP contribution in [0.25, 0.3) is 0 Å². The first kappa shape index (κ1) is 30.1. The molecule has 4 amide bonds. The molecule has 45 heavy (non-hydrogen) atoms. The molecular weight excluding hydrogens is 575 g/mol. The zero-order valence-corrected chi connectivity index (χ0v) is 25.0. The van der Waals surface area contributed by atoms with E-state index in [0.717, 1.165) is 25.7 Å². The van der Waals surface area contributed by atoms with Crippen molar-refractivity contribution in [2.75, 3.05) is 29.9 Å². The quantitative estimate of drug-likeness (QED) is 0.349. The standard InChI is InChI=1S/C34H35FN6O4/c1-21-6-4-10-27-30(26-9-2-3-11-28(26)35)38-32(39-34(44)37-25-8-5-7-24(16-25)17-36-45)33(43)41(31(21)27)20-29(42)40-18-22-12-13-23(19-40)15-14-22/h2-11,16,22-23,32H,12-15,17-20H2,1H3,(H2,37,39,44). The van der Waals surface area contributed by atoms with E-state index in [1.807, 2.05) is 17.9 Å². The molecule has 232 valence electrons. The number of halogens is 1. The minimum atomic E-state index is -1.47. The highest BCUT2D eigenvalue weighted by molar-refractivity contribution is 6.21. The van der Waals surface area contributed by atoms with Gasteiger partial charge < -0.3 is 15.5 Å². The number of aliphatic imine (C=N–C) groups is 1. The number of hydrogen-bond acceptors (Lipinski definition) is 6. The lowest BCUT2D eigenvalue weighted by molar-refractivity contribution is -0.132. The van der Waals surface area contributed by atoms with Gasteiger partial charge in [0.2, 0.25) is 12.1 Å². The molecule has 3 heterocycles. The number of nitroso groups, excluding NO2 is 1. The Morgan fingerprint density at radius 3 is 2.36 bits per heavy atom. The minimum absolute atomic E-state index is 0.0619. The molecule has 0 aromatic heterocycles. The van der Waals surface area contributed by atoms with Crippen molar-refractivity contribution in [3.63, 3.8) is 0 Å². The molecule has 11 heteroatoms. The largest absolute Gasteiger partial charge is 0.341 e. The van der Waals surface area contributed by atoms with Gasteiger partial charge in [0.15, 0.2) is 0 Å². The highest BCUT2D eigenvalue weighted by Gasteiger charge is 2.38. The number of benzene rings is 3. The monoisotopic (exact) mass is 610 g/mol. The van der Waals surface area contributed by atoms with Crippen molar-refractivity contribution >= 4 is 34.9 Å². The van der Waals surface area contributed by atoms with Crippen molar-refractivity contribution in [3.8, 4) is 0 Å². The average molecular weight is 611 g/mol. The van der Waals surface area contributed by atoms with Gasteiger partial charge in [0, 0.05) is 29.9 Å². The van der Waals surface area contributed by atoms with E-state index in [1.165, 1.54) is 11.0 Å². The molecule has 3 fully saturated rings. The molecule has 2 bridgehead atoms. The summed E-state index contributed by atoms with van der Waals surface area (Å²) in [5.74, 6) is -0.413. The third-order valence-corrected chi connectivity index (χ3v) is 8.92. The normalized spacial score (nSPS) is 20.9. The fraction of sp³-hybridized carbons (Fsp3) is 0.353. The summed E-state index contributed by atoms with van der Waals surface area (Å²) < 4.78 is 15.3. The van der Waals surface area contributed by atoms with Crippen LogP contribution in [0.1, 0.15) is 47.9 Å². The molecule has 1 unspecified atom stereocenters. The minimum Gasteiger partial charge on any atom is -0.341 e. The molecule has 2 N–H and O–H groups in total. The van der Waals surface area contributed by atoms with Gasteiger partial charge in [-0.2, -0.15) is 4.91 Å². The van der Waals surface area contributed by atoms with Crippen LogP contribution in [0.5, 0.6) is 0 Å². The van der Waals surface area contributed by atoms with Crippen molar-refractivity contribution in [1.82, 2.24) is 10.2 Å². The zero-order chi connectivity index (χ0) is 31.5. The lowest BCUT2D eigenvalue weighted by atomic mass is 9.84. The van der Waals surface area contributed by atoms with Crippen LogP contribution < -0.4 is 15.5 Å². The second-order valence-electron chi connectivity index (χ2n) is 12.0. The van der Waals surface area contributed by atoms with Gasteiger partial charge >= 0.3 is 6.03 Å². The molecule has 7 rings (SSSR count). The third-order valence-electron chi connectivity index (χ3n) is 8.92. The van der Waals surface area contributed by atoms with Crippen LogP contribution >= 0.6 is 0 Å². The summed E-state index contributed by atoms with van der Waals surface area (Å²) in [6.45, 7) is 2.86. The number of para-hydroxylation sites is 1. The van der Waals surface area contributed by atoms with Crippen molar-refractivity contribution in [1.29, 1.82) is 0 Å². The highest BCUT2D eigenvalue weighted by Crippen LogP contribution is 2.35. The number of carbonyl (C=O) groups excluding carboxylic acids is 3. The van der Waals surface area contributed by atoms with Gasteiger partial charge in [-0.1, -0.05) is 47.6 Å². The Hall–Kier alpha value is -4.93. The number of aryl methyl sites for hydroxylation is 1. The van der Waals surface area contributed by atoms with Crippen LogP contribution in [0, 0.1) is 29.5 Å². The maximum absolute atomic E-state index is 15.3. The summed E-state index contributed by atoms with van der Waals surface area (Å²) in [4.78, 5) is 60.1. The van der Waals surface area contributed by atoms with Crippen molar-refractivity contribution < 1.29 is 18.8 Å². The SMILES string of the molecule is Cc1cccc2c1N(CC(=O)N1CC3CCC(CC3)C1)C(=O)C(NC(=O)Nc1cccc(CN=O)c1)N=C2c1ccccc1F. The van der Waals surface area contributed by atoms with E-state index in [4.69, 9.17) is 0 Å². The van der Waals surface area contributed by atoms with Gasteiger partial charge in [-0.15, -0.1) is 0 Å². The average Bonchev–Trinajstić information content (AvgIpc) is 3.41. The Bertz CT molecular complexity index is 1650. The number of hydrogen-bond donors (Lipinski definition) is 2. The maximum Gasteiger partial charge on any atom is 0.321 e. The molecule has 10 nitrogen and oxygen atoms in total. The Kier molecular flexibility index (Phi) is 8.68. The van der Waals surface area contributed by atoms with E-state index in [-0.39, 0.29) is 30.3 Å².